The predicted octanol–water partition coefficient (Wildman–Crippen LogP) is 1.91. The van der Waals surface area contributed by atoms with Gasteiger partial charge in [0, 0.05) is 25.4 Å². The molecule has 1 fully saturated rings. The normalized spacial score (nSPS) is 18.0. The van der Waals surface area contributed by atoms with Crippen LogP contribution >= 0.6 is 0 Å². The van der Waals surface area contributed by atoms with Gasteiger partial charge in [0.25, 0.3) is 0 Å². The molecule has 1 heterocycles. The number of benzene rings is 1. The van der Waals surface area contributed by atoms with Crippen molar-refractivity contribution in [2.75, 3.05) is 25.4 Å². The summed E-state index contributed by atoms with van der Waals surface area (Å²) in [4.78, 5) is -0.338. The number of nitrogens with zero attached hydrogens (tertiary/aromatic N) is 1. The van der Waals surface area contributed by atoms with E-state index in [0.717, 1.165) is 0 Å². The van der Waals surface area contributed by atoms with Crippen LogP contribution in [-0.4, -0.2) is 38.5 Å². The molecule has 0 spiro atoms. The van der Waals surface area contributed by atoms with Crippen LogP contribution in [0.4, 0.5) is 10.1 Å². The van der Waals surface area contributed by atoms with Gasteiger partial charge in [-0.1, -0.05) is 0 Å². The maximum Gasteiger partial charge on any atom is 0.246 e. The highest BCUT2D eigenvalue weighted by Crippen LogP contribution is 2.27. The van der Waals surface area contributed by atoms with E-state index < -0.39 is 15.8 Å². The average molecular weight is 316 g/mol. The highest BCUT2D eigenvalue weighted by molar-refractivity contribution is 7.89. The molecule has 1 saturated heterocycles. The van der Waals surface area contributed by atoms with Gasteiger partial charge in [-0.3, -0.25) is 0 Å². The summed E-state index contributed by atoms with van der Waals surface area (Å²) < 4.78 is 46.1. The van der Waals surface area contributed by atoms with Crippen molar-refractivity contribution in [1.82, 2.24) is 4.31 Å². The van der Waals surface area contributed by atoms with E-state index in [0.29, 0.717) is 32.5 Å². The van der Waals surface area contributed by atoms with Crippen molar-refractivity contribution < 1.29 is 17.5 Å². The molecule has 0 aromatic heterocycles. The van der Waals surface area contributed by atoms with Gasteiger partial charge >= 0.3 is 0 Å². The Morgan fingerprint density at radius 1 is 1.38 bits per heavy atom. The summed E-state index contributed by atoms with van der Waals surface area (Å²) >= 11 is 0. The van der Waals surface area contributed by atoms with Crippen LogP contribution in [0.3, 0.4) is 0 Å². The molecule has 1 aromatic carbocycles. The fourth-order valence-electron chi connectivity index (χ4n) is 2.57. The minimum atomic E-state index is -3.85. The molecule has 0 amide bonds. The maximum atomic E-state index is 14.1. The summed E-state index contributed by atoms with van der Waals surface area (Å²) in [5, 5.41) is 0. The molecule has 1 aliphatic rings. The first-order chi connectivity index (χ1) is 9.86. The number of sulfonamides is 1. The predicted molar refractivity (Wildman–Crippen MR) is 79.0 cm³/mol. The van der Waals surface area contributed by atoms with Crippen LogP contribution in [-0.2, 0) is 14.8 Å². The van der Waals surface area contributed by atoms with Gasteiger partial charge in [0.2, 0.25) is 10.0 Å². The van der Waals surface area contributed by atoms with Crippen LogP contribution in [0, 0.1) is 12.7 Å². The number of nitrogen functional groups attached to an aromatic ring is 1. The largest absolute Gasteiger partial charge is 0.399 e. The van der Waals surface area contributed by atoms with E-state index in [9.17, 15) is 12.8 Å². The molecule has 0 unspecified atom stereocenters. The first-order valence-electron chi connectivity index (χ1n) is 7.03. The topological polar surface area (TPSA) is 72.6 Å². The second-order valence-corrected chi connectivity index (χ2v) is 7.12. The summed E-state index contributed by atoms with van der Waals surface area (Å²) in [6, 6.07) is 2.61. The molecule has 21 heavy (non-hydrogen) atoms. The third-order valence-corrected chi connectivity index (χ3v) is 5.56. The van der Waals surface area contributed by atoms with E-state index >= 15 is 0 Å². The number of piperidine rings is 1. The molecule has 1 aliphatic heterocycles. The Balaban J connectivity index is 2.24. The zero-order valence-electron chi connectivity index (χ0n) is 12.3. The summed E-state index contributed by atoms with van der Waals surface area (Å²) in [6.07, 6.45) is 1.32. The second-order valence-electron chi connectivity index (χ2n) is 5.21. The Morgan fingerprint density at radius 3 is 2.57 bits per heavy atom. The number of ether oxygens (including phenoxy) is 1. The number of hydrogen-bond acceptors (Lipinski definition) is 4. The molecule has 7 heteroatoms. The standard InChI is InChI=1S/C14H21FN2O3S/c1-3-20-12-4-6-17(7-5-12)21(18,19)13-9-11(16)8-10(2)14(13)15/h8-9,12H,3-7,16H2,1-2H3. The van der Waals surface area contributed by atoms with Crippen LogP contribution in [0.25, 0.3) is 0 Å². The molecule has 5 nitrogen and oxygen atoms in total. The van der Waals surface area contributed by atoms with Crippen molar-refractivity contribution in [2.45, 2.75) is 37.7 Å². The van der Waals surface area contributed by atoms with E-state index in [2.05, 4.69) is 0 Å². The van der Waals surface area contributed by atoms with Crippen molar-refractivity contribution in [1.29, 1.82) is 0 Å². The van der Waals surface area contributed by atoms with Crippen LogP contribution in [0.15, 0.2) is 17.0 Å². The molecule has 0 saturated carbocycles. The molecule has 2 N–H and O–H groups in total. The van der Waals surface area contributed by atoms with E-state index in [1.165, 1.54) is 23.4 Å². The van der Waals surface area contributed by atoms with Crippen LogP contribution < -0.4 is 5.73 Å². The third kappa shape index (κ3) is 3.36. The number of aryl methyl sites for hydroxylation is 1. The zero-order valence-corrected chi connectivity index (χ0v) is 13.1. The van der Waals surface area contributed by atoms with Gasteiger partial charge < -0.3 is 10.5 Å². The number of nitrogens with two attached hydrogens (primary N) is 1. The summed E-state index contributed by atoms with van der Waals surface area (Å²) in [7, 11) is -3.85. The van der Waals surface area contributed by atoms with Gasteiger partial charge in [-0.2, -0.15) is 4.31 Å². The van der Waals surface area contributed by atoms with E-state index in [1.54, 1.807) is 0 Å². The van der Waals surface area contributed by atoms with Gasteiger partial charge in [-0.05, 0) is 44.4 Å². The van der Waals surface area contributed by atoms with Gasteiger partial charge in [0.1, 0.15) is 10.7 Å². The number of halogens is 1. The highest BCUT2D eigenvalue weighted by Gasteiger charge is 2.32. The summed E-state index contributed by atoms with van der Waals surface area (Å²) in [5.74, 6) is -0.726. The monoisotopic (exact) mass is 316 g/mol. The molecular weight excluding hydrogens is 295 g/mol. The van der Waals surface area contributed by atoms with Crippen LogP contribution in [0.5, 0.6) is 0 Å². The molecule has 0 bridgehead atoms. The van der Waals surface area contributed by atoms with E-state index in [1.807, 2.05) is 6.92 Å². The number of hydrogen-bond donors (Lipinski definition) is 1. The SMILES string of the molecule is CCOC1CCN(S(=O)(=O)c2cc(N)cc(C)c2F)CC1. The van der Waals surface area contributed by atoms with Crippen LogP contribution in [0.1, 0.15) is 25.3 Å². The Bertz CT molecular complexity index is 611. The summed E-state index contributed by atoms with van der Waals surface area (Å²) in [5.41, 5.74) is 6.13. The molecule has 0 radical (unpaired) electrons. The molecular formula is C14H21FN2O3S. The lowest BCUT2D eigenvalue weighted by Gasteiger charge is -2.31. The fraction of sp³-hybridized carbons (Fsp3) is 0.571. The molecule has 0 atom stereocenters. The Hall–Kier alpha value is -1.18. The number of rotatable bonds is 4. The van der Waals surface area contributed by atoms with E-state index in [4.69, 9.17) is 10.5 Å². The van der Waals surface area contributed by atoms with Gasteiger partial charge in [0.05, 0.1) is 6.10 Å². The fourth-order valence-corrected chi connectivity index (χ4v) is 4.21. The molecule has 1 aromatic rings. The number of anilines is 1. The molecule has 118 valence electrons. The molecule has 2 rings (SSSR count). The quantitative estimate of drug-likeness (QED) is 0.861. The smallest absolute Gasteiger partial charge is 0.246 e. The minimum absolute atomic E-state index is 0.0777. The first-order valence-corrected chi connectivity index (χ1v) is 8.47. The Kier molecular flexibility index (Phi) is 4.85. The van der Waals surface area contributed by atoms with Crippen molar-refractivity contribution >= 4 is 15.7 Å². The van der Waals surface area contributed by atoms with Crippen LogP contribution in [0.2, 0.25) is 0 Å². The summed E-state index contributed by atoms with van der Waals surface area (Å²) in [6.45, 7) is 4.70. The van der Waals surface area contributed by atoms with Crippen molar-refractivity contribution in [3.63, 3.8) is 0 Å². The zero-order chi connectivity index (χ0) is 15.6. The lowest BCUT2D eigenvalue weighted by molar-refractivity contribution is 0.0290. The molecule has 0 aliphatic carbocycles. The first kappa shape index (κ1) is 16.2. The maximum absolute atomic E-state index is 14.1. The van der Waals surface area contributed by atoms with Crippen molar-refractivity contribution in [2.24, 2.45) is 0 Å². The highest BCUT2D eigenvalue weighted by atomic mass is 32.2. The van der Waals surface area contributed by atoms with Gasteiger partial charge in [0.15, 0.2) is 0 Å². The van der Waals surface area contributed by atoms with Crippen molar-refractivity contribution in [3.05, 3.63) is 23.5 Å². The van der Waals surface area contributed by atoms with Gasteiger partial charge in [-0.25, -0.2) is 12.8 Å². The average Bonchev–Trinajstić information content (AvgIpc) is 2.43. The Morgan fingerprint density at radius 2 is 2.00 bits per heavy atom. The Labute approximate surface area is 124 Å². The van der Waals surface area contributed by atoms with Crippen molar-refractivity contribution in [3.8, 4) is 0 Å². The third-order valence-electron chi connectivity index (χ3n) is 3.66. The minimum Gasteiger partial charge on any atom is -0.399 e. The lowest BCUT2D eigenvalue weighted by Crippen LogP contribution is -2.41. The van der Waals surface area contributed by atoms with Gasteiger partial charge in [-0.15, -0.1) is 0 Å². The van der Waals surface area contributed by atoms with E-state index in [-0.39, 0.29) is 22.3 Å². The second kappa shape index (κ2) is 6.29. The lowest BCUT2D eigenvalue weighted by atomic mass is 10.1.